The highest BCUT2D eigenvalue weighted by molar-refractivity contribution is 7.09. The van der Waals surface area contributed by atoms with E-state index in [9.17, 15) is 0 Å². The van der Waals surface area contributed by atoms with E-state index in [-0.39, 0.29) is 0 Å². The second kappa shape index (κ2) is 2.46. The normalized spacial score (nSPS) is 10.6. The SMILES string of the molecule is CN=Nc1ncns1. The molecule has 0 spiro atoms. The summed E-state index contributed by atoms with van der Waals surface area (Å²) in [5.41, 5.74) is 0. The van der Waals surface area contributed by atoms with E-state index < -0.39 is 0 Å². The van der Waals surface area contributed by atoms with Gasteiger partial charge in [0.2, 0.25) is 5.13 Å². The van der Waals surface area contributed by atoms with Crippen molar-refractivity contribution < 1.29 is 0 Å². The highest BCUT2D eigenvalue weighted by atomic mass is 32.1. The fourth-order valence-electron chi connectivity index (χ4n) is 0.297. The Hall–Kier alpha value is -0.840. The molecule has 0 N–H and O–H groups in total. The zero-order chi connectivity index (χ0) is 5.82. The molecule has 5 heteroatoms. The van der Waals surface area contributed by atoms with Gasteiger partial charge in [0.25, 0.3) is 0 Å². The standard InChI is InChI=1S/C3H4N4S/c1-4-7-3-5-2-6-8-3/h2H,1H3. The lowest BCUT2D eigenvalue weighted by Crippen LogP contribution is -1.53. The first kappa shape index (κ1) is 5.30. The van der Waals surface area contributed by atoms with Crippen LogP contribution in [0.15, 0.2) is 16.6 Å². The first-order chi connectivity index (χ1) is 3.93. The largest absolute Gasteiger partial charge is 0.248 e. The average Bonchev–Trinajstić information content (AvgIpc) is 2.19. The summed E-state index contributed by atoms with van der Waals surface area (Å²) >= 11 is 1.23. The molecule has 1 rings (SSSR count). The van der Waals surface area contributed by atoms with Crippen molar-refractivity contribution in [1.29, 1.82) is 0 Å². The van der Waals surface area contributed by atoms with Gasteiger partial charge in [-0.05, 0) is 0 Å². The quantitative estimate of drug-likeness (QED) is 0.534. The maximum atomic E-state index is 3.75. The van der Waals surface area contributed by atoms with Crippen molar-refractivity contribution >= 4 is 16.7 Å². The van der Waals surface area contributed by atoms with Gasteiger partial charge in [-0.2, -0.15) is 9.49 Å². The van der Waals surface area contributed by atoms with Gasteiger partial charge in [-0.25, -0.2) is 4.98 Å². The third-order valence-corrected chi connectivity index (χ3v) is 1.09. The van der Waals surface area contributed by atoms with Gasteiger partial charge in [0, 0.05) is 18.6 Å². The van der Waals surface area contributed by atoms with Crippen LogP contribution in [-0.2, 0) is 0 Å². The maximum absolute atomic E-state index is 3.75. The Morgan fingerprint density at radius 3 is 3.12 bits per heavy atom. The first-order valence-corrected chi connectivity index (χ1v) is 2.77. The molecule has 0 saturated heterocycles. The van der Waals surface area contributed by atoms with Gasteiger partial charge in [-0.3, -0.25) is 0 Å². The molecule has 1 aromatic heterocycles. The van der Waals surface area contributed by atoms with Crippen LogP contribution in [0, 0.1) is 0 Å². The number of rotatable bonds is 1. The van der Waals surface area contributed by atoms with Crippen LogP contribution in [0.1, 0.15) is 0 Å². The van der Waals surface area contributed by atoms with Crippen LogP contribution in [0.2, 0.25) is 0 Å². The van der Waals surface area contributed by atoms with Crippen molar-refractivity contribution in [3.8, 4) is 0 Å². The Morgan fingerprint density at radius 1 is 1.75 bits per heavy atom. The molecule has 4 nitrogen and oxygen atoms in total. The van der Waals surface area contributed by atoms with Gasteiger partial charge in [0.1, 0.15) is 6.33 Å². The van der Waals surface area contributed by atoms with Crippen molar-refractivity contribution in [3.63, 3.8) is 0 Å². The Kier molecular flexibility index (Phi) is 1.63. The summed E-state index contributed by atoms with van der Waals surface area (Å²) in [4.78, 5) is 3.75. The summed E-state index contributed by atoms with van der Waals surface area (Å²) < 4.78 is 3.72. The molecule has 0 saturated carbocycles. The zero-order valence-corrected chi connectivity index (χ0v) is 5.09. The summed E-state index contributed by atoms with van der Waals surface area (Å²) in [6.45, 7) is 0. The smallest absolute Gasteiger partial charge is 0.204 e. The molecule has 0 aliphatic carbocycles. The van der Waals surface area contributed by atoms with E-state index in [2.05, 4.69) is 19.6 Å². The summed E-state index contributed by atoms with van der Waals surface area (Å²) in [7, 11) is 1.60. The number of azo groups is 1. The van der Waals surface area contributed by atoms with Gasteiger partial charge < -0.3 is 0 Å². The van der Waals surface area contributed by atoms with Gasteiger partial charge in [0.05, 0.1) is 0 Å². The van der Waals surface area contributed by atoms with E-state index in [0.29, 0.717) is 5.13 Å². The van der Waals surface area contributed by atoms with E-state index in [1.807, 2.05) is 0 Å². The zero-order valence-electron chi connectivity index (χ0n) is 4.27. The predicted molar refractivity (Wildman–Crippen MR) is 30.3 cm³/mol. The van der Waals surface area contributed by atoms with Gasteiger partial charge in [0.15, 0.2) is 0 Å². The monoisotopic (exact) mass is 128 g/mol. The van der Waals surface area contributed by atoms with Crippen molar-refractivity contribution in [2.24, 2.45) is 10.2 Å². The van der Waals surface area contributed by atoms with Gasteiger partial charge in [-0.1, -0.05) is 0 Å². The molecule has 0 amide bonds. The lowest BCUT2D eigenvalue weighted by molar-refractivity contribution is 1.14. The van der Waals surface area contributed by atoms with E-state index in [1.54, 1.807) is 7.05 Å². The third kappa shape index (κ3) is 1.06. The van der Waals surface area contributed by atoms with E-state index in [4.69, 9.17) is 0 Å². The number of hydrogen-bond acceptors (Lipinski definition) is 5. The Balaban J connectivity index is 2.77. The third-order valence-electron chi connectivity index (χ3n) is 0.535. The lowest BCUT2D eigenvalue weighted by atomic mass is 11.2. The molecular weight excluding hydrogens is 124 g/mol. The highest BCUT2D eigenvalue weighted by Gasteiger charge is 1.86. The van der Waals surface area contributed by atoms with Crippen molar-refractivity contribution in [2.75, 3.05) is 7.05 Å². The summed E-state index contributed by atoms with van der Waals surface area (Å²) in [5, 5.41) is 7.75. The number of nitrogens with zero attached hydrogens (tertiary/aromatic N) is 4. The van der Waals surface area contributed by atoms with Crippen LogP contribution in [-0.4, -0.2) is 16.4 Å². The molecule has 0 aliphatic heterocycles. The molecule has 0 atom stereocenters. The lowest BCUT2D eigenvalue weighted by Gasteiger charge is -1.70. The molecule has 0 radical (unpaired) electrons. The van der Waals surface area contributed by atoms with Crippen LogP contribution >= 0.6 is 11.5 Å². The van der Waals surface area contributed by atoms with Gasteiger partial charge >= 0.3 is 0 Å². The molecule has 0 aliphatic rings. The molecule has 0 bridgehead atoms. The summed E-state index contributed by atoms with van der Waals surface area (Å²) in [6, 6.07) is 0. The molecule has 1 heterocycles. The Labute approximate surface area is 50.5 Å². The minimum atomic E-state index is 0.604. The van der Waals surface area contributed by atoms with E-state index >= 15 is 0 Å². The minimum absolute atomic E-state index is 0.604. The van der Waals surface area contributed by atoms with Crippen LogP contribution in [0.5, 0.6) is 0 Å². The molecular formula is C3H4N4S. The Morgan fingerprint density at radius 2 is 2.62 bits per heavy atom. The second-order valence-electron chi connectivity index (χ2n) is 1.02. The molecule has 42 valence electrons. The van der Waals surface area contributed by atoms with Crippen LogP contribution in [0.4, 0.5) is 5.13 Å². The molecule has 8 heavy (non-hydrogen) atoms. The van der Waals surface area contributed by atoms with Gasteiger partial charge in [-0.15, -0.1) is 5.11 Å². The first-order valence-electron chi connectivity index (χ1n) is 2.00. The van der Waals surface area contributed by atoms with Crippen LogP contribution in [0.3, 0.4) is 0 Å². The fourth-order valence-corrected chi connectivity index (χ4v) is 0.698. The van der Waals surface area contributed by atoms with Crippen LogP contribution < -0.4 is 0 Å². The molecule has 0 fully saturated rings. The highest BCUT2D eigenvalue weighted by Crippen LogP contribution is 2.10. The topological polar surface area (TPSA) is 50.5 Å². The molecule has 0 aromatic carbocycles. The van der Waals surface area contributed by atoms with Crippen molar-refractivity contribution in [2.45, 2.75) is 0 Å². The summed E-state index contributed by atoms with van der Waals surface area (Å²) in [6.07, 6.45) is 1.45. The number of hydrogen-bond donors (Lipinski definition) is 0. The Bertz CT molecular complexity index is 167. The minimum Gasteiger partial charge on any atom is -0.204 e. The molecule has 0 unspecified atom stereocenters. The fraction of sp³-hybridized carbons (Fsp3) is 0.333. The van der Waals surface area contributed by atoms with Crippen molar-refractivity contribution in [3.05, 3.63) is 6.33 Å². The van der Waals surface area contributed by atoms with E-state index in [1.165, 1.54) is 17.9 Å². The maximum Gasteiger partial charge on any atom is 0.248 e. The predicted octanol–water partition coefficient (Wildman–Crippen LogP) is 1.25. The number of aromatic nitrogens is 2. The van der Waals surface area contributed by atoms with E-state index in [0.717, 1.165) is 0 Å². The summed E-state index contributed by atoms with van der Waals surface area (Å²) in [5.74, 6) is 0. The van der Waals surface area contributed by atoms with Crippen LogP contribution in [0.25, 0.3) is 0 Å². The molecule has 1 aromatic rings. The van der Waals surface area contributed by atoms with Crippen molar-refractivity contribution in [1.82, 2.24) is 9.36 Å². The average molecular weight is 128 g/mol. The second-order valence-corrected chi connectivity index (χ2v) is 1.78.